The summed E-state index contributed by atoms with van der Waals surface area (Å²) in [6.07, 6.45) is 0. The van der Waals surface area contributed by atoms with Crippen LogP contribution in [0.1, 0.15) is 11.1 Å². The van der Waals surface area contributed by atoms with Gasteiger partial charge in [0.25, 0.3) is 10.0 Å². The highest BCUT2D eigenvalue weighted by atomic mass is 32.2. The Morgan fingerprint density at radius 3 is 2.43 bits per heavy atom. The summed E-state index contributed by atoms with van der Waals surface area (Å²) in [5, 5.41) is 0. The molecule has 0 aliphatic carbocycles. The first-order valence-corrected chi connectivity index (χ1v) is 7.59. The Hall–Kier alpha value is -1.99. The molecular weight excluding hydrogens is 298 g/mol. The maximum Gasteiger partial charge on any atom is 0.262 e. The Labute approximate surface area is 121 Å². The van der Waals surface area contributed by atoms with Crippen LogP contribution in [0.5, 0.6) is 0 Å². The van der Waals surface area contributed by atoms with Crippen molar-refractivity contribution >= 4 is 15.7 Å². The molecule has 21 heavy (non-hydrogen) atoms. The number of hydrogen-bond donors (Lipinski definition) is 2. The van der Waals surface area contributed by atoms with Crippen LogP contribution in [-0.2, 0) is 16.6 Å². The van der Waals surface area contributed by atoms with E-state index in [4.69, 9.17) is 5.73 Å². The van der Waals surface area contributed by atoms with E-state index in [1.165, 1.54) is 6.07 Å². The summed E-state index contributed by atoms with van der Waals surface area (Å²) < 4.78 is 52.8. The fourth-order valence-corrected chi connectivity index (χ4v) is 3.18. The maximum absolute atomic E-state index is 13.1. The first-order chi connectivity index (χ1) is 9.83. The SMILES string of the molecule is Cc1ccc(CN)cc1S(=O)(=O)Nc1ccc(F)c(F)c1. The van der Waals surface area contributed by atoms with Gasteiger partial charge >= 0.3 is 0 Å². The second-order valence-corrected chi connectivity index (χ2v) is 6.19. The number of benzene rings is 2. The van der Waals surface area contributed by atoms with Crippen LogP contribution < -0.4 is 10.5 Å². The Morgan fingerprint density at radius 1 is 1.10 bits per heavy atom. The van der Waals surface area contributed by atoms with Gasteiger partial charge in [-0.1, -0.05) is 12.1 Å². The minimum atomic E-state index is -3.90. The largest absolute Gasteiger partial charge is 0.326 e. The van der Waals surface area contributed by atoms with E-state index in [1.807, 2.05) is 0 Å². The topological polar surface area (TPSA) is 72.2 Å². The monoisotopic (exact) mass is 312 g/mol. The predicted molar refractivity (Wildman–Crippen MR) is 76.2 cm³/mol. The molecule has 7 heteroatoms. The minimum Gasteiger partial charge on any atom is -0.326 e. The molecule has 0 saturated carbocycles. The Kier molecular flexibility index (Phi) is 4.24. The lowest BCUT2D eigenvalue weighted by Crippen LogP contribution is -2.15. The molecule has 0 saturated heterocycles. The zero-order valence-electron chi connectivity index (χ0n) is 11.2. The quantitative estimate of drug-likeness (QED) is 0.911. The second kappa shape index (κ2) is 5.79. The zero-order valence-corrected chi connectivity index (χ0v) is 12.0. The molecule has 0 fully saturated rings. The van der Waals surface area contributed by atoms with Crippen LogP contribution >= 0.6 is 0 Å². The van der Waals surface area contributed by atoms with Gasteiger partial charge in [-0.05, 0) is 36.2 Å². The van der Waals surface area contributed by atoms with Gasteiger partial charge in [0.15, 0.2) is 11.6 Å². The highest BCUT2D eigenvalue weighted by Crippen LogP contribution is 2.21. The van der Waals surface area contributed by atoms with E-state index in [0.29, 0.717) is 11.1 Å². The van der Waals surface area contributed by atoms with Crippen LogP contribution in [0.2, 0.25) is 0 Å². The molecule has 0 atom stereocenters. The summed E-state index contributed by atoms with van der Waals surface area (Å²) in [6.45, 7) is 1.84. The molecule has 4 nitrogen and oxygen atoms in total. The standard InChI is InChI=1S/C14H14F2N2O2S/c1-9-2-3-10(8-17)6-14(9)21(19,20)18-11-4-5-12(15)13(16)7-11/h2-7,18H,8,17H2,1H3. The van der Waals surface area contributed by atoms with Gasteiger partial charge in [0.05, 0.1) is 10.6 Å². The average Bonchev–Trinajstić information content (AvgIpc) is 2.43. The summed E-state index contributed by atoms with van der Waals surface area (Å²) >= 11 is 0. The van der Waals surface area contributed by atoms with Crippen molar-refractivity contribution in [3.05, 3.63) is 59.2 Å². The van der Waals surface area contributed by atoms with Crippen molar-refractivity contribution < 1.29 is 17.2 Å². The summed E-state index contributed by atoms with van der Waals surface area (Å²) in [5.41, 5.74) is 6.63. The van der Waals surface area contributed by atoms with Crippen LogP contribution in [0, 0.1) is 18.6 Å². The van der Waals surface area contributed by atoms with Gasteiger partial charge in [-0.2, -0.15) is 0 Å². The van der Waals surface area contributed by atoms with Crippen LogP contribution in [0.15, 0.2) is 41.3 Å². The van der Waals surface area contributed by atoms with Crippen LogP contribution in [-0.4, -0.2) is 8.42 Å². The van der Waals surface area contributed by atoms with Crippen molar-refractivity contribution in [2.24, 2.45) is 5.73 Å². The Morgan fingerprint density at radius 2 is 1.81 bits per heavy atom. The highest BCUT2D eigenvalue weighted by molar-refractivity contribution is 7.92. The van der Waals surface area contributed by atoms with Gasteiger partial charge in [-0.15, -0.1) is 0 Å². The number of nitrogens with two attached hydrogens (primary N) is 1. The third-order valence-electron chi connectivity index (χ3n) is 2.95. The lowest BCUT2D eigenvalue weighted by molar-refractivity contribution is 0.509. The molecule has 2 aromatic carbocycles. The molecular formula is C14H14F2N2O2S. The van der Waals surface area contributed by atoms with E-state index < -0.39 is 21.7 Å². The number of halogens is 2. The summed E-state index contributed by atoms with van der Waals surface area (Å²) in [7, 11) is -3.90. The molecule has 0 aliphatic heterocycles. The Bertz CT molecular complexity index is 777. The van der Waals surface area contributed by atoms with E-state index in [9.17, 15) is 17.2 Å². The minimum absolute atomic E-state index is 0.0496. The molecule has 0 radical (unpaired) electrons. The zero-order chi connectivity index (χ0) is 15.6. The number of hydrogen-bond acceptors (Lipinski definition) is 3. The van der Waals surface area contributed by atoms with E-state index in [-0.39, 0.29) is 17.1 Å². The lowest BCUT2D eigenvalue weighted by atomic mass is 10.1. The number of rotatable bonds is 4. The van der Waals surface area contributed by atoms with Gasteiger partial charge in [0.2, 0.25) is 0 Å². The van der Waals surface area contributed by atoms with Gasteiger partial charge < -0.3 is 5.73 Å². The highest BCUT2D eigenvalue weighted by Gasteiger charge is 2.18. The van der Waals surface area contributed by atoms with Crippen molar-refractivity contribution in [3.8, 4) is 0 Å². The second-order valence-electron chi connectivity index (χ2n) is 4.54. The van der Waals surface area contributed by atoms with E-state index in [1.54, 1.807) is 19.1 Å². The molecule has 0 amide bonds. The third-order valence-corrected chi connectivity index (χ3v) is 4.47. The number of aryl methyl sites for hydroxylation is 1. The van der Waals surface area contributed by atoms with E-state index >= 15 is 0 Å². The summed E-state index contributed by atoms with van der Waals surface area (Å²) in [4.78, 5) is 0.0511. The molecule has 2 rings (SSSR count). The summed E-state index contributed by atoms with van der Waals surface area (Å²) in [5.74, 6) is -2.16. The molecule has 0 aromatic heterocycles. The van der Waals surface area contributed by atoms with Crippen LogP contribution in [0.3, 0.4) is 0 Å². The summed E-state index contributed by atoms with van der Waals surface area (Å²) in [6, 6.07) is 7.62. The number of nitrogens with one attached hydrogen (secondary N) is 1. The van der Waals surface area contributed by atoms with Gasteiger partial charge in [-0.3, -0.25) is 4.72 Å². The Balaban J connectivity index is 2.40. The normalized spacial score (nSPS) is 11.4. The predicted octanol–water partition coefficient (Wildman–Crippen LogP) is 2.53. The maximum atomic E-state index is 13.1. The fourth-order valence-electron chi connectivity index (χ4n) is 1.83. The molecule has 0 aliphatic rings. The fraction of sp³-hybridized carbons (Fsp3) is 0.143. The van der Waals surface area contributed by atoms with Gasteiger partial charge in [-0.25, -0.2) is 17.2 Å². The van der Waals surface area contributed by atoms with Crippen molar-refractivity contribution in [2.75, 3.05) is 4.72 Å². The molecule has 0 spiro atoms. The lowest BCUT2D eigenvalue weighted by Gasteiger charge is -2.11. The molecule has 2 aromatic rings. The van der Waals surface area contributed by atoms with Gasteiger partial charge in [0, 0.05) is 12.6 Å². The van der Waals surface area contributed by atoms with Crippen molar-refractivity contribution in [1.29, 1.82) is 0 Å². The van der Waals surface area contributed by atoms with Gasteiger partial charge in [0.1, 0.15) is 0 Å². The van der Waals surface area contributed by atoms with Crippen molar-refractivity contribution in [3.63, 3.8) is 0 Å². The molecule has 0 heterocycles. The molecule has 3 N–H and O–H groups in total. The van der Waals surface area contributed by atoms with E-state index in [0.717, 1.165) is 18.2 Å². The molecule has 112 valence electrons. The van der Waals surface area contributed by atoms with Crippen molar-refractivity contribution in [2.45, 2.75) is 18.4 Å². The molecule has 0 unspecified atom stereocenters. The number of sulfonamides is 1. The number of anilines is 1. The average molecular weight is 312 g/mol. The van der Waals surface area contributed by atoms with Crippen LogP contribution in [0.4, 0.5) is 14.5 Å². The first kappa shape index (κ1) is 15.4. The first-order valence-electron chi connectivity index (χ1n) is 6.11. The smallest absolute Gasteiger partial charge is 0.262 e. The molecule has 0 bridgehead atoms. The van der Waals surface area contributed by atoms with Crippen LogP contribution in [0.25, 0.3) is 0 Å². The third kappa shape index (κ3) is 3.37. The van der Waals surface area contributed by atoms with Crippen molar-refractivity contribution in [1.82, 2.24) is 0 Å². The van der Waals surface area contributed by atoms with E-state index in [2.05, 4.69) is 4.72 Å².